The first-order valence-electron chi connectivity index (χ1n) is 5.36. The van der Waals surface area contributed by atoms with Gasteiger partial charge in [0.05, 0.1) is 7.11 Å². The predicted octanol–water partition coefficient (Wildman–Crippen LogP) is 2.28. The summed E-state index contributed by atoms with van der Waals surface area (Å²) < 4.78 is 5.05. The van der Waals surface area contributed by atoms with Crippen molar-refractivity contribution in [2.45, 2.75) is 6.54 Å². The highest BCUT2D eigenvalue weighted by atomic mass is 16.5. The van der Waals surface area contributed by atoms with Gasteiger partial charge in [0.25, 0.3) is 0 Å². The maximum absolute atomic E-state index is 5.72. The first kappa shape index (κ1) is 11.3. The fourth-order valence-corrected chi connectivity index (χ4v) is 1.54. The zero-order valence-electron chi connectivity index (χ0n) is 9.68. The molecular weight excluding hydrogens is 214 g/mol. The van der Waals surface area contributed by atoms with Crippen LogP contribution in [0.3, 0.4) is 0 Å². The van der Waals surface area contributed by atoms with Crippen LogP contribution in [0.4, 0.5) is 11.4 Å². The van der Waals surface area contributed by atoms with Crippen LogP contribution in [0, 0.1) is 0 Å². The molecular formula is C13H15N3O. The van der Waals surface area contributed by atoms with Crippen LogP contribution in [-0.2, 0) is 6.54 Å². The Balaban J connectivity index is 2.02. The second-order valence-electron chi connectivity index (χ2n) is 3.69. The Morgan fingerprint density at radius 3 is 2.94 bits per heavy atom. The molecule has 2 aromatic rings. The van der Waals surface area contributed by atoms with E-state index in [1.807, 2.05) is 36.4 Å². The van der Waals surface area contributed by atoms with Gasteiger partial charge in [0, 0.05) is 30.2 Å². The lowest BCUT2D eigenvalue weighted by Gasteiger charge is -2.08. The smallest absolute Gasteiger partial charge is 0.214 e. The second-order valence-corrected chi connectivity index (χ2v) is 3.69. The number of hydrogen-bond donors (Lipinski definition) is 2. The molecule has 4 heteroatoms. The fraction of sp³-hybridized carbons (Fsp3) is 0.154. The number of methoxy groups -OCH3 is 1. The maximum Gasteiger partial charge on any atom is 0.214 e. The Morgan fingerprint density at radius 2 is 2.18 bits per heavy atom. The summed E-state index contributed by atoms with van der Waals surface area (Å²) in [5.74, 6) is 0.600. The molecule has 0 saturated carbocycles. The zero-order valence-corrected chi connectivity index (χ0v) is 9.68. The maximum atomic E-state index is 5.72. The third kappa shape index (κ3) is 3.11. The van der Waals surface area contributed by atoms with Crippen molar-refractivity contribution in [1.29, 1.82) is 0 Å². The summed E-state index contributed by atoms with van der Waals surface area (Å²) in [5.41, 5.74) is 8.60. The minimum atomic E-state index is 0.600. The molecule has 0 aliphatic carbocycles. The number of ether oxygens (including phenoxy) is 1. The lowest BCUT2D eigenvalue weighted by Crippen LogP contribution is -2.00. The standard InChI is InChI=1S/C13H15N3O/c1-17-13-8-12(5-6-15-13)16-9-10-3-2-4-11(14)7-10/h2-8H,9,14H2,1H3,(H,15,16). The number of aromatic nitrogens is 1. The molecule has 0 unspecified atom stereocenters. The Labute approximate surface area is 100 Å². The summed E-state index contributed by atoms with van der Waals surface area (Å²) in [4.78, 5) is 4.04. The monoisotopic (exact) mass is 229 g/mol. The Kier molecular flexibility index (Phi) is 3.45. The van der Waals surface area contributed by atoms with Gasteiger partial charge in [-0.1, -0.05) is 12.1 Å². The highest BCUT2D eigenvalue weighted by Gasteiger charge is 1.97. The zero-order chi connectivity index (χ0) is 12.1. The van der Waals surface area contributed by atoms with E-state index < -0.39 is 0 Å². The molecule has 0 saturated heterocycles. The van der Waals surface area contributed by atoms with Gasteiger partial charge in [-0.05, 0) is 23.8 Å². The molecule has 0 spiro atoms. The molecule has 1 heterocycles. The van der Waals surface area contributed by atoms with Gasteiger partial charge in [-0.3, -0.25) is 0 Å². The van der Waals surface area contributed by atoms with Crippen molar-refractivity contribution in [1.82, 2.24) is 4.98 Å². The minimum Gasteiger partial charge on any atom is -0.481 e. The van der Waals surface area contributed by atoms with Crippen LogP contribution in [0.2, 0.25) is 0 Å². The molecule has 0 aliphatic rings. The number of pyridine rings is 1. The Hall–Kier alpha value is -2.23. The highest BCUT2D eigenvalue weighted by Crippen LogP contribution is 2.15. The lowest BCUT2D eigenvalue weighted by molar-refractivity contribution is 0.398. The van der Waals surface area contributed by atoms with Crippen molar-refractivity contribution in [3.05, 3.63) is 48.2 Å². The number of nitrogens with two attached hydrogens (primary N) is 1. The number of nitrogen functional groups attached to an aromatic ring is 1. The van der Waals surface area contributed by atoms with Crippen molar-refractivity contribution in [3.63, 3.8) is 0 Å². The number of anilines is 2. The number of nitrogens with zero attached hydrogens (tertiary/aromatic N) is 1. The number of benzene rings is 1. The molecule has 88 valence electrons. The molecule has 1 aromatic carbocycles. The normalized spacial score (nSPS) is 9.94. The van der Waals surface area contributed by atoms with Gasteiger partial charge in [0.1, 0.15) is 0 Å². The molecule has 17 heavy (non-hydrogen) atoms. The topological polar surface area (TPSA) is 60.2 Å². The predicted molar refractivity (Wildman–Crippen MR) is 69.0 cm³/mol. The van der Waals surface area contributed by atoms with Crippen LogP contribution in [0.15, 0.2) is 42.6 Å². The molecule has 0 fully saturated rings. The largest absolute Gasteiger partial charge is 0.481 e. The van der Waals surface area contributed by atoms with Gasteiger partial charge in [-0.15, -0.1) is 0 Å². The van der Waals surface area contributed by atoms with Crippen molar-refractivity contribution in [3.8, 4) is 5.88 Å². The van der Waals surface area contributed by atoms with Gasteiger partial charge in [0.2, 0.25) is 5.88 Å². The van der Waals surface area contributed by atoms with Crippen molar-refractivity contribution < 1.29 is 4.74 Å². The van der Waals surface area contributed by atoms with Crippen molar-refractivity contribution >= 4 is 11.4 Å². The summed E-state index contributed by atoms with van der Waals surface area (Å²) in [6, 6.07) is 11.5. The molecule has 0 atom stereocenters. The molecule has 0 amide bonds. The van der Waals surface area contributed by atoms with Gasteiger partial charge >= 0.3 is 0 Å². The summed E-state index contributed by atoms with van der Waals surface area (Å²) in [6.07, 6.45) is 1.71. The van der Waals surface area contributed by atoms with Crippen LogP contribution < -0.4 is 15.8 Å². The number of hydrogen-bond acceptors (Lipinski definition) is 4. The van der Waals surface area contributed by atoms with Crippen LogP contribution >= 0.6 is 0 Å². The summed E-state index contributed by atoms with van der Waals surface area (Å²) >= 11 is 0. The average Bonchev–Trinajstić information content (AvgIpc) is 2.37. The van der Waals surface area contributed by atoms with Crippen LogP contribution in [0.25, 0.3) is 0 Å². The van der Waals surface area contributed by atoms with E-state index >= 15 is 0 Å². The molecule has 3 N–H and O–H groups in total. The van der Waals surface area contributed by atoms with Gasteiger partial charge in [0.15, 0.2) is 0 Å². The van der Waals surface area contributed by atoms with Crippen LogP contribution in [0.1, 0.15) is 5.56 Å². The molecule has 1 aromatic heterocycles. The van der Waals surface area contributed by atoms with E-state index in [2.05, 4.69) is 10.3 Å². The van der Waals surface area contributed by atoms with E-state index in [1.165, 1.54) is 0 Å². The van der Waals surface area contributed by atoms with Gasteiger partial charge in [-0.25, -0.2) is 4.98 Å². The number of nitrogens with one attached hydrogen (secondary N) is 1. The molecule has 0 aliphatic heterocycles. The van der Waals surface area contributed by atoms with Crippen LogP contribution in [0.5, 0.6) is 5.88 Å². The Morgan fingerprint density at radius 1 is 1.29 bits per heavy atom. The van der Waals surface area contributed by atoms with E-state index in [-0.39, 0.29) is 0 Å². The fourth-order valence-electron chi connectivity index (χ4n) is 1.54. The van der Waals surface area contributed by atoms with E-state index in [1.54, 1.807) is 13.3 Å². The van der Waals surface area contributed by atoms with Crippen molar-refractivity contribution in [2.24, 2.45) is 0 Å². The molecule has 4 nitrogen and oxygen atoms in total. The lowest BCUT2D eigenvalue weighted by atomic mass is 10.2. The van der Waals surface area contributed by atoms with E-state index in [0.717, 1.165) is 23.5 Å². The number of rotatable bonds is 4. The average molecular weight is 229 g/mol. The highest BCUT2D eigenvalue weighted by molar-refractivity contribution is 5.47. The third-order valence-electron chi connectivity index (χ3n) is 2.39. The second kappa shape index (κ2) is 5.21. The first-order valence-corrected chi connectivity index (χ1v) is 5.36. The molecule has 2 rings (SSSR count). The van der Waals surface area contributed by atoms with Gasteiger partial charge in [-0.2, -0.15) is 0 Å². The van der Waals surface area contributed by atoms with Gasteiger partial charge < -0.3 is 15.8 Å². The SMILES string of the molecule is COc1cc(NCc2cccc(N)c2)ccn1. The third-order valence-corrected chi connectivity index (χ3v) is 2.39. The summed E-state index contributed by atoms with van der Waals surface area (Å²) in [7, 11) is 1.60. The summed E-state index contributed by atoms with van der Waals surface area (Å²) in [5, 5.41) is 3.29. The molecule has 0 radical (unpaired) electrons. The quantitative estimate of drug-likeness (QED) is 0.790. The molecule has 0 bridgehead atoms. The Bertz CT molecular complexity index is 500. The minimum absolute atomic E-state index is 0.600. The van der Waals surface area contributed by atoms with Crippen LogP contribution in [-0.4, -0.2) is 12.1 Å². The van der Waals surface area contributed by atoms with E-state index in [9.17, 15) is 0 Å². The summed E-state index contributed by atoms with van der Waals surface area (Å²) in [6.45, 7) is 0.720. The van der Waals surface area contributed by atoms with E-state index in [4.69, 9.17) is 10.5 Å². The first-order chi connectivity index (χ1) is 8.28. The van der Waals surface area contributed by atoms with E-state index in [0.29, 0.717) is 5.88 Å². The van der Waals surface area contributed by atoms with Crippen molar-refractivity contribution in [2.75, 3.05) is 18.2 Å².